The molecule has 0 fully saturated rings. The Morgan fingerprint density at radius 2 is 1.89 bits per heavy atom. The number of carboxylic acid groups (broad SMARTS) is 1. The van der Waals surface area contributed by atoms with Gasteiger partial charge in [0.2, 0.25) is 0 Å². The minimum Gasteiger partial charge on any atom is -0.494 e. The van der Waals surface area contributed by atoms with Crippen LogP contribution in [0.15, 0.2) is 24.3 Å². The van der Waals surface area contributed by atoms with Gasteiger partial charge < -0.3 is 14.6 Å². The van der Waals surface area contributed by atoms with Crippen molar-refractivity contribution in [2.75, 3.05) is 13.7 Å². The van der Waals surface area contributed by atoms with Crippen molar-refractivity contribution in [1.29, 1.82) is 0 Å². The Morgan fingerprint density at radius 3 is 2.44 bits per heavy atom. The number of carbonyl (C=O) groups is 2. The van der Waals surface area contributed by atoms with Crippen LogP contribution in [0.2, 0.25) is 0 Å². The Balaban J connectivity index is 2.31. The van der Waals surface area contributed by atoms with Crippen LogP contribution >= 0.6 is 0 Å². The molecule has 0 radical (unpaired) electrons. The molecule has 0 aliphatic carbocycles. The van der Waals surface area contributed by atoms with E-state index in [0.29, 0.717) is 25.2 Å². The zero-order chi connectivity index (χ0) is 13.4. The number of ether oxygens (including phenoxy) is 2. The minimum absolute atomic E-state index is 0.00260. The molecule has 1 rings (SSSR count). The van der Waals surface area contributed by atoms with Crippen LogP contribution in [0.3, 0.4) is 0 Å². The van der Waals surface area contributed by atoms with Crippen molar-refractivity contribution >= 4 is 11.9 Å². The summed E-state index contributed by atoms with van der Waals surface area (Å²) in [6, 6.07) is 6.86. The molecule has 0 aliphatic rings. The number of carbonyl (C=O) groups excluding carboxylic acids is 1. The Kier molecular flexibility index (Phi) is 5.70. The molecule has 5 nitrogen and oxygen atoms in total. The normalized spacial score (nSPS) is 9.83. The van der Waals surface area contributed by atoms with Gasteiger partial charge in [0, 0.05) is 6.42 Å². The van der Waals surface area contributed by atoms with Crippen LogP contribution in [0.4, 0.5) is 0 Å². The molecule has 0 atom stereocenters. The fraction of sp³-hybridized carbons (Fsp3) is 0.385. The van der Waals surface area contributed by atoms with E-state index in [2.05, 4.69) is 4.74 Å². The lowest BCUT2D eigenvalue weighted by Crippen LogP contribution is -2.04. The van der Waals surface area contributed by atoms with E-state index in [0.717, 1.165) is 5.56 Å². The van der Waals surface area contributed by atoms with Gasteiger partial charge in [0.25, 0.3) is 0 Å². The van der Waals surface area contributed by atoms with E-state index in [-0.39, 0.29) is 12.4 Å². The minimum atomic E-state index is -0.859. The second kappa shape index (κ2) is 7.32. The van der Waals surface area contributed by atoms with Gasteiger partial charge in [-0.3, -0.25) is 9.59 Å². The van der Waals surface area contributed by atoms with Crippen LogP contribution in [0.1, 0.15) is 18.4 Å². The maximum Gasteiger partial charge on any atom is 0.307 e. The fourth-order valence-electron chi connectivity index (χ4n) is 1.39. The summed E-state index contributed by atoms with van der Waals surface area (Å²) in [5.74, 6) is -0.453. The first-order chi connectivity index (χ1) is 8.61. The van der Waals surface area contributed by atoms with E-state index < -0.39 is 5.97 Å². The number of methoxy groups -OCH3 is 1. The highest BCUT2D eigenvalue weighted by molar-refractivity contribution is 5.70. The van der Waals surface area contributed by atoms with Gasteiger partial charge in [-0.1, -0.05) is 12.1 Å². The van der Waals surface area contributed by atoms with Crippen molar-refractivity contribution in [2.45, 2.75) is 19.3 Å². The third-order valence-electron chi connectivity index (χ3n) is 2.30. The van der Waals surface area contributed by atoms with Gasteiger partial charge in [0.1, 0.15) is 5.75 Å². The summed E-state index contributed by atoms with van der Waals surface area (Å²) in [6.07, 6.45) is 0.916. The molecule has 1 aromatic carbocycles. The van der Waals surface area contributed by atoms with E-state index >= 15 is 0 Å². The van der Waals surface area contributed by atoms with E-state index in [4.69, 9.17) is 9.84 Å². The van der Waals surface area contributed by atoms with Gasteiger partial charge in [0.15, 0.2) is 0 Å². The zero-order valence-electron chi connectivity index (χ0n) is 10.2. The highest BCUT2D eigenvalue weighted by atomic mass is 16.5. The fourth-order valence-corrected chi connectivity index (χ4v) is 1.39. The van der Waals surface area contributed by atoms with Gasteiger partial charge in [-0.05, 0) is 24.1 Å². The first-order valence-electron chi connectivity index (χ1n) is 5.62. The van der Waals surface area contributed by atoms with Gasteiger partial charge in [0.05, 0.1) is 20.1 Å². The molecule has 0 saturated heterocycles. The second-order valence-electron chi connectivity index (χ2n) is 3.74. The van der Waals surface area contributed by atoms with E-state index in [9.17, 15) is 9.59 Å². The van der Waals surface area contributed by atoms with Crippen LogP contribution in [-0.4, -0.2) is 30.8 Å². The Hall–Kier alpha value is -2.04. The summed E-state index contributed by atoms with van der Waals surface area (Å²) in [6.45, 7) is 0.424. The summed E-state index contributed by atoms with van der Waals surface area (Å²) in [5.41, 5.74) is 0.726. The van der Waals surface area contributed by atoms with Crippen LogP contribution in [0.5, 0.6) is 5.75 Å². The number of rotatable bonds is 7. The van der Waals surface area contributed by atoms with Gasteiger partial charge in [-0.15, -0.1) is 0 Å². The van der Waals surface area contributed by atoms with Crippen LogP contribution in [0.25, 0.3) is 0 Å². The zero-order valence-corrected chi connectivity index (χ0v) is 10.2. The largest absolute Gasteiger partial charge is 0.494 e. The molecule has 0 saturated carbocycles. The van der Waals surface area contributed by atoms with Crippen LogP contribution < -0.4 is 4.74 Å². The number of aliphatic carboxylic acids is 1. The summed E-state index contributed by atoms with van der Waals surface area (Å²) in [5, 5.41) is 8.61. The highest BCUT2D eigenvalue weighted by Crippen LogP contribution is 2.13. The molecule has 18 heavy (non-hydrogen) atoms. The standard InChI is InChI=1S/C13H16O5/c1-17-13(16)3-2-8-18-11-6-4-10(5-7-11)9-12(14)15/h4-7H,2-3,8-9H2,1H3,(H,14,15). The van der Waals surface area contributed by atoms with Crippen molar-refractivity contribution < 1.29 is 24.2 Å². The third kappa shape index (κ3) is 5.34. The van der Waals surface area contributed by atoms with Crippen LogP contribution in [-0.2, 0) is 20.7 Å². The highest BCUT2D eigenvalue weighted by Gasteiger charge is 2.02. The lowest BCUT2D eigenvalue weighted by molar-refractivity contribution is -0.141. The van der Waals surface area contributed by atoms with E-state index in [1.54, 1.807) is 24.3 Å². The monoisotopic (exact) mass is 252 g/mol. The Bertz CT molecular complexity index is 396. The second-order valence-corrected chi connectivity index (χ2v) is 3.74. The van der Waals surface area contributed by atoms with E-state index in [1.165, 1.54) is 7.11 Å². The average molecular weight is 252 g/mol. The Labute approximate surface area is 105 Å². The number of hydrogen-bond donors (Lipinski definition) is 1. The van der Waals surface area contributed by atoms with Crippen molar-refractivity contribution in [2.24, 2.45) is 0 Å². The number of esters is 1. The quantitative estimate of drug-likeness (QED) is 0.590. The molecule has 0 unspecified atom stereocenters. The Morgan fingerprint density at radius 1 is 1.22 bits per heavy atom. The van der Waals surface area contributed by atoms with Gasteiger partial charge in [-0.2, -0.15) is 0 Å². The first-order valence-corrected chi connectivity index (χ1v) is 5.62. The smallest absolute Gasteiger partial charge is 0.307 e. The maximum atomic E-state index is 10.8. The van der Waals surface area contributed by atoms with Crippen LogP contribution in [0, 0.1) is 0 Å². The molecular weight excluding hydrogens is 236 g/mol. The molecule has 0 aromatic heterocycles. The molecule has 0 amide bonds. The third-order valence-corrected chi connectivity index (χ3v) is 2.30. The average Bonchev–Trinajstić information content (AvgIpc) is 2.35. The predicted molar refractivity (Wildman–Crippen MR) is 64.5 cm³/mol. The molecule has 5 heteroatoms. The molecule has 0 heterocycles. The molecule has 0 aliphatic heterocycles. The lowest BCUT2D eigenvalue weighted by atomic mass is 10.1. The summed E-state index contributed by atoms with van der Waals surface area (Å²) in [4.78, 5) is 21.3. The summed E-state index contributed by atoms with van der Waals surface area (Å²) in [7, 11) is 1.35. The number of benzene rings is 1. The summed E-state index contributed by atoms with van der Waals surface area (Å²) < 4.78 is 9.91. The van der Waals surface area contributed by atoms with Crippen molar-refractivity contribution in [3.8, 4) is 5.75 Å². The topological polar surface area (TPSA) is 72.8 Å². The van der Waals surface area contributed by atoms with Crippen molar-refractivity contribution in [1.82, 2.24) is 0 Å². The van der Waals surface area contributed by atoms with Gasteiger partial charge in [-0.25, -0.2) is 0 Å². The number of hydrogen-bond acceptors (Lipinski definition) is 4. The summed E-state index contributed by atoms with van der Waals surface area (Å²) >= 11 is 0. The SMILES string of the molecule is COC(=O)CCCOc1ccc(CC(=O)O)cc1. The van der Waals surface area contributed by atoms with Gasteiger partial charge >= 0.3 is 11.9 Å². The van der Waals surface area contributed by atoms with E-state index in [1.807, 2.05) is 0 Å². The number of carboxylic acids is 1. The van der Waals surface area contributed by atoms with Crippen molar-refractivity contribution in [3.05, 3.63) is 29.8 Å². The molecule has 98 valence electrons. The molecule has 1 aromatic rings. The molecule has 0 spiro atoms. The molecule has 0 bridgehead atoms. The molecule has 1 N–H and O–H groups in total. The first kappa shape index (κ1) is 14.0. The maximum absolute atomic E-state index is 10.8. The van der Waals surface area contributed by atoms with Crippen molar-refractivity contribution in [3.63, 3.8) is 0 Å². The lowest BCUT2D eigenvalue weighted by Gasteiger charge is -2.06. The predicted octanol–water partition coefficient (Wildman–Crippen LogP) is 1.65. The molecular formula is C13H16O5.